The number of rotatable bonds is 3. The van der Waals surface area contributed by atoms with Gasteiger partial charge >= 0.3 is 0 Å². The van der Waals surface area contributed by atoms with Crippen LogP contribution in [0.4, 0.5) is 0 Å². The maximum atomic E-state index is 5.09. The molecule has 1 heterocycles. The molecule has 0 atom stereocenters. The maximum Gasteiger partial charge on any atom is 0.0830 e. The van der Waals surface area contributed by atoms with Crippen LogP contribution in [-0.2, 0) is 4.74 Å². The van der Waals surface area contributed by atoms with E-state index in [0.29, 0.717) is 0 Å². The second-order valence-electron chi connectivity index (χ2n) is 5.41. The predicted octanol–water partition coefficient (Wildman–Crippen LogP) is 6.34. The fraction of sp³-hybridized carbons (Fsp3) is 0.0476. The van der Waals surface area contributed by atoms with E-state index in [1.807, 2.05) is 17.4 Å². The zero-order chi connectivity index (χ0) is 15.6. The molecule has 0 N–H and O–H groups in total. The van der Waals surface area contributed by atoms with Crippen LogP contribution in [0.25, 0.3) is 37.4 Å². The van der Waals surface area contributed by atoms with Crippen molar-refractivity contribution in [2.45, 2.75) is 0 Å². The molecule has 3 aromatic carbocycles. The van der Waals surface area contributed by atoms with Gasteiger partial charge in [-0.15, -0.1) is 11.3 Å². The molecule has 23 heavy (non-hydrogen) atoms. The minimum atomic E-state index is 1.17. The first-order valence-corrected chi connectivity index (χ1v) is 8.39. The first-order chi connectivity index (χ1) is 11.4. The highest BCUT2D eigenvalue weighted by Crippen LogP contribution is 2.40. The average Bonchev–Trinajstić information content (AvgIpc) is 2.99. The lowest BCUT2D eigenvalue weighted by Crippen LogP contribution is -1.83. The fourth-order valence-corrected chi connectivity index (χ4v) is 4.22. The largest absolute Gasteiger partial charge is 0.504 e. The molecule has 0 saturated carbocycles. The molecule has 1 aromatic heterocycles. The molecule has 0 bridgehead atoms. The summed E-state index contributed by atoms with van der Waals surface area (Å²) in [5.41, 5.74) is 3.68. The number of ether oxygens (including phenoxy) is 1. The molecular weight excluding hydrogens is 300 g/mol. The average molecular weight is 316 g/mol. The van der Waals surface area contributed by atoms with E-state index in [2.05, 4.69) is 66.7 Å². The van der Waals surface area contributed by atoms with Gasteiger partial charge in [-0.05, 0) is 23.3 Å². The lowest BCUT2D eigenvalue weighted by Gasteiger charge is -2.07. The molecule has 0 unspecified atom stereocenters. The van der Waals surface area contributed by atoms with Gasteiger partial charge in [-0.1, -0.05) is 60.7 Å². The highest BCUT2D eigenvalue weighted by Gasteiger charge is 2.11. The van der Waals surface area contributed by atoms with E-state index in [0.717, 1.165) is 0 Å². The zero-order valence-electron chi connectivity index (χ0n) is 12.8. The molecular formula is C21H16OS. The van der Waals surface area contributed by atoms with E-state index in [1.165, 1.54) is 36.9 Å². The van der Waals surface area contributed by atoms with Crippen LogP contribution in [0.15, 0.2) is 73.0 Å². The Morgan fingerprint density at radius 3 is 2.43 bits per heavy atom. The SMILES string of the molecule is CO/C=C/c1ccccc1-c1cccc2c1sc1ccccc12. The summed E-state index contributed by atoms with van der Waals surface area (Å²) in [4.78, 5) is 0. The summed E-state index contributed by atoms with van der Waals surface area (Å²) in [7, 11) is 1.67. The molecule has 2 heteroatoms. The van der Waals surface area contributed by atoms with Gasteiger partial charge in [-0.2, -0.15) is 0 Å². The Balaban J connectivity index is 2.02. The molecule has 0 spiro atoms. The predicted molar refractivity (Wildman–Crippen MR) is 101 cm³/mol. The minimum absolute atomic E-state index is 1.17. The van der Waals surface area contributed by atoms with Crippen molar-refractivity contribution >= 4 is 37.6 Å². The third kappa shape index (κ3) is 2.41. The normalized spacial score (nSPS) is 11.5. The van der Waals surface area contributed by atoms with Crippen molar-refractivity contribution in [2.24, 2.45) is 0 Å². The molecule has 0 saturated heterocycles. The molecule has 0 radical (unpaired) electrons. The Morgan fingerprint density at radius 2 is 1.52 bits per heavy atom. The number of methoxy groups -OCH3 is 1. The van der Waals surface area contributed by atoms with Gasteiger partial charge in [0, 0.05) is 25.7 Å². The first kappa shape index (κ1) is 14.0. The smallest absolute Gasteiger partial charge is 0.0830 e. The Bertz CT molecular complexity index is 1010. The van der Waals surface area contributed by atoms with Crippen molar-refractivity contribution in [1.82, 2.24) is 0 Å². The molecule has 0 aliphatic carbocycles. The zero-order valence-corrected chi connectivity index (χ0v) is 13.6. The molecule has 4 aromatic rings. The molecule has 0 amide bonds. The number of fused-ring (bicyclic) bond motifs is 3. The van der Waals surface area contributed by atoms with E-state index < -0.39 is 0 Å². The second kappa shape index (κ2) is 5.90. The fourth-order valence-electron chi connectivity index (χ4n) is 2.99. The van der Waals surface area contributed by atoms with Crippen molar-refractivity contribution in [1.29, 1.82) is 0 Å². The van der Waals surface area contributed by atoms with Gasteiger partial charge in [0.1, 0.15) is 0 Å². The Hall–Kier alpha value is -2.58. The molecule has 1 nitrogen and oxygen atoms in total. The summed E-state index contributed by atoms with van der Waals surface area (Å²) in [5, 5.41) is 2.66. The van der Waals surface area contributed by atoms with Crippen LogP contribution in [0.1, 0.15) is 5.56 Å². The van der Waals surface area contributed by atoms with Gasteiger partial charge in [0.05, 0.1) is 13.4 Å². The summed E-state index contributed by atoms with van der Waals surface area (Å²) in [6.45, 7) is 0. The van der Waals surface area contributed by atoms with Crippen LogP contribution >= 0.6 is 11.3 Å². The minimum Gasteiger partial charge on any atom is -0.504 e. The van der Waals surface area contributed by atoms with Crippen molar-refractivity contribution in [3.05, 3.63) is 78.6 Å². The molecule has 0 aliphatic rings. The van der Waals surface area contributed by atoms with Gasteiger partial charge < -0.3 is 4.74 Å². The van der Waals surface area contributed by atoms with Gasteiger partial charge in [0.2, 0.25) is 0 Å². The van der Waals surface area contributed by atoms with Crippen molar-refractivity contribution < 1.29 is 4.74 Å². The van der Waals surface area contributed by atoms with Crippen LogP contribution in [0, 0.1) is 0 Å². The lowest BCUT2D eigenvalue weighted by molar-refractivity contribution is 0.341. The van der Waals surface area contributed by atoms with Crippen LogP contribution in [0.5, 0.6) is 0 Å². The van der Waals surface area contributed by atoms with Crippen LogP contribution in [-0.4, -0.2) is 7.11 Å². The van der Waals surface area contributed by atoms with Gasteiger partial charge in [-0.25, -0.2) is 0 Å². The van der Waals surface area contributed by atoms with E-state index >= 15 is 0 Å². The standard InChI is InChI=1S/C21H16OS/c1-22-14-13-15-7-2-3-8-16(15)18-10-6-11-19-17-9-4-5-12-20(17)23-21(18)19/h2-14H,1H3/b14-13+. The topological polar surface area (TPSA) is 9.23 Å². The Kier molecular flexibility index (Phi) is 3.60. The third-order valence-electron chi connectivity index (χ3n) is 4.04. The monoisotopic (exact) mass is 316 g/mol. The van der Waals surface area contributed by atoms with E-state index in [1.54, 1.807) is 13.4 Å². The van der Waals surface area contributed by atoms with E-state index in [4.69, 9.17) is 4.74 Å². The van der Waals surface area contributed by atoms with Crippen molar-refractivity contribution in [3.63, 3.8) is 0 Å². The summed E-state index contributed by atoms with van der Waals surface area (Å²) in [6, 6.07) is 23.6. The quantitative estimate of drug-likeness (QED) is 0.401. The molecule has 4 rings (SSSR count). The van der Waals surface area contributed by atoms with Crippen molar-refractivity contribution in [2.75, 3.05) is 7.11 Å². The Morgan fingerprint density at radius 1 is 0.783 bits per heavy atom. The third-order valence-corrected chi connectivity index (χ3v) is 5.26. The van der Waals surface area contributed by atoms with E-state index in [9.17, 15) is 0 Å². The van der Waals surface area contributed by atoms with E-state index in [-0.39, 0.29) is 0 Å². The van der Waals surface area contributed by atoms with Crippen LogP contribution < -0.4 is 0 Å². The summed E-state index contributed by atoms with van der Waals surface area (Å²) >= 11 is 1.86. The van der Waals surface area contributed by atoms with Crippen LogP contribution in [0.2, 0.25) is 0 Å². The highest BCUT2D eigenvalue weighted by atomic mass is 32.1. The molecule has 0 aliphatic heterocycles. The molecule has 0 fully saturated rings. The lowest BCUT2D eigenvalue weighted by atomic mass is 9.98. The number of thiophene rings is 1. The second-order valence-corrected chi connectivity index (χ2v) is 6.46. The van der Waals surface area contributed by atoms with Crippen molar-refractivity contribution in [3.8, 4) is 11.1 Å². The highest BCUT2D eigenvalue weighted by molar-refractivity contribution is 7.26. The van der Waals surface area contributed by atoms with Gasteiger partial charge in [-0.3, -0.25) is 0 Å². The van der Waals surface area contributed by atoms with Gasteiger partial charge in [0.15, 0.2) is 0 Å². The van der Waals surface area contributed by atoms with Gasteiger partial charge in [0.25, 0.3) is 0 Å². The number of hydrogen-bond donors (Lipinski definition) is 0. The van der Waals surface area contributed by atoms with Crippen LogP contribution in [0.3, 0.4) is 0 Å². The number of hydrogen-bond acceptors (Lipinski definition) is 2. The summed E-state index contributed by atoms with van der Waals surface area (Å²) in [6.07, 6.45) is 3.74. The summed E-state index contributed by atoms with van der Waals surface area (Å²) in [5.74, 6) is 0. The maximum absolute atomic E-state index is 5.09. The first-order valence-electron chi connectivity index (χ1n) is 7.57. The molecule has 112 valence electrons. The Labute approximate surface area is 139 Å². The summed E-state index contributed by atoms with van der Waals surface area (Å²) < 4.78 is 7.77. The number of benzene rings is 3.